The topological polar surface area (TPSA) is 88.3 Å². The Morgan fingerprint density at radius 3 is 2.65 bits per heavy atom. The maximum Gasteiger partial charge on any atom is 0.246 e. The van der Waals surface area contributed by atoms with Crippen molar-refractivity contribution in [3.8, 4) is 0 Å². The summed E-state index contributed by atoms with van der Waals surface area (Å²) in [5, 5.41) is 6.57. The van der Waals surface area contributed by atoms with Crippen LogP contribution in [0.25, 0.3) is 0 Å². The third-order valence-electron chi connectivity index (χ3n) is 3.51. The van der Waals surface area contributed by atoms with E-state index >= 15 is 0 Å². The van der Waals surface area contributed by atoms with Crippen molar-refractivity contribution in [2.45, 2.75) is 46.2 Å². The summed E-state index contributed by atoms with van der Waals surface area (Å²) in [7, 11) is 0. The average Bonchev–Trinajstić information content (AvgIpc) is 2.79. The van der Waals surface area contributed by atoms with Gasteiger partial charge in [-0.1, -0.05) is 19.0 Å². The van der Waals surface area contributed by atoms with E-state index in [4.69, 9.17) is 4.52 Å². The minimum atomic E-state index is -0.467. The Hall–Kier alpha value is -1.92. The molecule has 0 aliphatic carbocycles. The van der Waals surface area contributed by atoms with Gasteiger partial charge in [0.05, 0.1) is 0 Å². The van der Waals surface area contributed by atoms with E-state index in [0.29, 0.717) is 24.7 Å². The van der Waals surface area contributed by atoms with Crippen molar-refractivity contribution in [3.05, 3.63) is 11.7 Å². The van der Waals surface area contributed by atoms with Crippen LogP contribution in [0.4, 0.5) is 0 Å². The lowest BCUT2D eigenvalue weighted by Gasteiger charge is -2.38. The maximum atomic E-state index is 12.4. The molecule has 2 amide bonds. The van der Waals surface area contributed by atoms with Crippen LogP contribution in [0.15, 0.2) is 4.52 Å². The first-order valence-corrected chi connectivity index (χ1v) is 6.80. The predicted molar refractivity (Wildman–Crippen MR) is 70.7 cm³/mol. The van der Waals surface area contributed by atoms with Gasteiger partial charge in [-0.25, -0.2) is 0 Å². The highest BCUT2D eigenvalue weighted by atomic mass is 16.5. The highest BCUT2D eigenvalue weighted by Gasteiger charge is 2.39. The first kappa shape index (κ1) is 14.5. The molecule has 1 N–H and O–H groups in total. The van der Waals surface area contributed by atoms with Gasteiger partial charge in [0.2, 0.25) is 17.7 Å². The fourth-order valence-corrected chi connectivity index (χ4v) is 2.27. The number of aromatic nitrogens is 2. The van der Waals surface area contributed by atoms with E-state index in [1.165, 1.54) is 0 Å². The van der Waals surface area contributed by atoms with Crippen molar-refractivity contribution in [2.24, 2.45) is 5.92 Å². The van der Waals surface area contributed by atoms with Gasteiger partial charge in [-0.3, -0.25) is 9.59 Å². The lowest BCUT2D eigenvalue weighted by Crippen LogP contribution is -2.64. The van der Waals surface area contributed by atoms with Gasteiger partial charge in [-0.05, 0) is 12.8 Å². The first-order chi connectivity index (χ1) is 9.40. The molecule has 1 saturated heterocycles. The molecule has 0 radical (unpaired) electrons. The van der Waals surface area contributed by atoms with Gasteiger partial charge in [0.1, 0.15) is 12.1 Å². The van der Waals surface area contributed by atoms with Crippen LogP contribution in [-0.4, -0.2) is 45.5 Å². The van der Waals surface area contributed by atoms with Crippen molar-refractivity contribution >= 4 is 11.8 Å². The molecule has 20 heavy (non-hydrogen) atoms. The molecule has 2 unspecified atom stereocenters. The summed E-state index contributed by atoms with van der Waals surface area (Å²) in [6.45, 7) is 7.69. The molecule has 0 aromatic carbocycles. The number of carbonyl (C=O) groups excluding carboxylic acids is 2. The number of nitrogens with one attached hydrogen (secondary N) is 1. The molecule has 2 atom stereocenters. The van der Waals surface area contributed by atoms with Gasteiger partial charge < -0.3 is 14.7 Å². The molecule has 2 rings (SSSR count). The summed E-state index contributed by atoms with van der Waals surface area (Å²) in [6, 6.07) is -0.920. The summed E-state index contributed by atoms with van der Waals surface area (Å²) >= 11 is 0. The number of hydrogen-bond acceptors (Lipinski definition) is 5. The van der Waals surface area contributed by atoms with Crippen LogP contribution in [0.3, 0.4) is 0 Å². The van der Waals surface area contributed by atoms with Gasteiger partial charge in [-0.2, -0.15) is 4.98 Å². The molecular formula is C13H20N4O3. The summed E-state index contributed by atoms with van der Waals surface area (Å²) < 4.78 is 4.89. The zero-order chi connectivity index (χ0) is 14.9. The Morgan fingerprint density at radius 1 is 1.40 bits per heavy atom. The molecular weight excluding hydrogens is 260 g/mol. The van der Waals surface area contributed by atoms with Crippen molar-refractivity contribution in [1.29, 1.82) is 0 Å². The number of carbonyl (C=O) groups is 2. The van der Waals surface area contributed by atoms with Crippen molar-refractivity contribution in [2.75, 3.05) is 6.54 Å². The molecule has 7 nitrogen and oxygen atoms in total. The van der Waals surface area contributed by atoms with Crippen LogP contribution >= 0.6 is 0 Å². The Kier molecular flexibility index (Phi) is 4.06. The van der Waals surface area contributed by atoms with Gasteiger partial charge in [0.25, 0.3) is 0 Å². The van der Waals surface area contributed by atoms with Crippen LogP contribution in [0.2, 0.25) is 0 Å². The normalized spacial score (nSPS) is 23.4. The zero-order valence-electron chi connectivity index (χ0n) is 12.2. The fraction of sp³-hybridized carbons (Fsp3) is 0.692. The van der Waals surface area contributed by atoms with E-state index in [9.17, 15) is 9.59 Å². The fourth-order valence-electron chi connectivity index (χ4n) is 2.27. The van der Waals surface area contributed by atoms with Crippen molar-refractivity contribution < 1.29 is 14.1 Å². The molecule has 110 valence electrons. The molecule has 0 bridgehead atoms. The number of hydrogen-bond donors (Lipinski definition) is 1. The van der Waals surface area contributed by atoms with Gasteiger partial charge >= 0.3 is 0 Å². The highest BCUT2D eigenvalue weighted by molar-refractivity contribution is 5.96. The number of piperazine rings is 1. The Balaban J connectivity index is 2.07. The second-order valence-corrected chi connectivity index (χ2v) is 5.42. The van der Waals surface area contributed by atoms with Gasteiger partial charge in [0, 0.05) is 19.9 Å². The molecule has 0 spiro atoms. The maximum absolute atomic E-state index is 12.4. The lowest BCUT2D eigenvalue weighted by atomic mass is 9.98. The molecule has 0 saturated carbocycles. The van der Waals surface area contributed by atoms with Crippen LogP contribution in [0.5, 0.6) is 0 Å². The van der Waals surface area contributed by atoms with Crippen molar-refractivity contribution in [3.63, 3.8) is 0 Å². The molecule has 2 heterocycles. The minimum Gasteiger partial charge on any atom is -0.342 e. The second kappa shape index (κ2) is 5.60. The van der Waals surface area contributed by atoms with E-state index in [0.717, 1.165) is 0 Å². The largest absolute Gasteiger partial charge is 0.342 e. The molecule has 1 aromatic rings. The number of amides is 2. The van der Waals surface area contributed by atoms with E-state index in [1.54, 1.807) is 18.7 Å². The smallest absolute Gasteiger partial charge is 0.246 e. The van der Waals surface area contributed by atoms with E-state index < -0.39 is 12.1 Å². The van der Waals surface area contributed by atoms with Gasteiger partial charge in [0.15, 0.2) is 5.82 Å². The monoisotopic (exact) mass is 280 g/mol. The molecule has 7 heteroatoms. The average molecular weight is 280 g/mol. The minimum absolute atomic E-state index is 0.0488. The number of nitrogens with zero attached hydrogens (tertiary/aromatic N) is 3. The summed E-state index contributed by atoms with van der Waals surface area (Å²) in [6.07, 6.45) is 0.478. The third kappa shape index (κ3) is 2.81. The molecule has 1 aliphatic rings. The van der Waals surface area contributed by atoms with Crippen LogP contribution < -0.4 is 5.32 Å². The molecule has 1 aromatic heterocycles. The van der Waals surface area contributed by atoms with Crippen LogP contribution in [-0.2, 0) is 16.0 Å². The zero-order valence-corrected chi connectivity index (χ0v) is 12.2. The highest BCUT2D eigenvalue weighted by Crippen LogP contribution is 2.15. The van der Waals surface area contributed by atoms with Gasteiger partial charge in [-0.15, -0.1) is 0 Å². The second-order valence-electron chi connectivity index (χ2n) is 5.42. The molecule has 1 fully saturated rings. The summed E-state index contributed by atoms with van der Waals surface area (Å²) in [5.74, 6) is 0.944. The van der Waals surface area contributed by atoms with Crippen LogP contribution in [0, 0.1) is 12.8 Å². The van der Waals surface area contributed by atoms with Crippen LogP contribution in [0.1, 0.15) is 32.5 Å². The number of rotatable bonds is 4. The SMILES string of the molecule is Cc1nc(CCN2C(=O)C(C(C)C)NC(=O)C2C)no1. The van der Waals surface area contributed by atoms with E-state index in [2.05, 4.69) is 15.5 Å². The lowest BCUT2D eigenvalue weighted by molar-refractivity contribution is -0.149. The summed E-state index contributed by atoms with van der Waals surface area (Å²) in [4.78, 5) is 30.0. The number of aryl methyl sites for hydroxylation is 1. The van der Waals surface area contributed by atoms with E-state index in [-0.39, 0.29) is 17.7 Å². The predicted octanol–water partition coefficient (Wildman–Crippen LogP) is 0.292. The quantitative estimate of drug-likeness (QED) is 0.856. The first-order valence-electron chi connectivity index (χ1n) is 6.80. The van der Waals surface area contributed by atoms with Crippen molar-refractivity contribution in [1.82, 2.24) is 20.4 Å². The summed E-state index contributed by atoms with van der Waals surface area (Å²) in [5.41, 5.74) is 0. The Morgan fingerprint density at radius 2 is 2.10 bits per heavy atom. The van der Waals surface area contributed by atoms with E-state index in [1.807, 2.05) is 13.8 Å². The molecule has 1 aliphatic heterocycles. The Bertz CT molecular complexity index is 511. The standard InChI is InChI=1S/C13H20N4O3/c1-7(2)11-13(19)17(8(3)12(18)15-11)6-5-10-14-9(4)20-16-10/h7-8,11H,5-6H2,1-4H3,(H,15,18). The third-order valence-corrected chi connectivity index (χ3v) is 3.51. The Labute approximate surface area is 117 Å².